The van der Waals surface area contributed by atoms with Crippen molar-refractivity contribution < 1.29 is 13.7 Å². The van der Waals surface area contributed by atoms with E-state index in [0.29, 0.717) is 5.56 Å². The molecule has 3 N–H and O–H groups in total. The van der Waals surface area contributed by atoms with Crippen LogP contribution in [0.4, 0.5) is 25.8 Å². The van der Waals surface area contributed by atoms with E-state index in [-0.39, 0.29) is 12.2 Å². The van der Waals surface area contributed by atoms with Crippen molar-refractivity contribution in [2.75, 3.05) is 11.1 Å². The highest BCUT2D eigenvalue weighted by Crippen LogP contribution is 2.29. The van der Waals surface area contributed by atoms with Gasteiger partial charge in [-0.1, -0.05) is 12.1 Å². The molecule has 0 aliphatic rings. The number of hydrogen-bond acceptors (Lipinski definition) is 4. The van der Waals surface area contributed by atoms with Crippen LogP contribution >= 0.6 is 0 Å². The van der Waals surface area contributed by atoms with Crippen molar-refractivity contribution in [2.24, 2.45) is 0 Å². The zero-order valence-electron chi connectivity index (χ0n) is 11.2. The second-order valence-electron chi connectivity index (χ2n) is 4.57. The number of benzene rings is 2. The second-order valence-corrected chi connectivity index (χ2v) is 4.57. The number of nitrogen functional groups attached to an aromatic ring is 1. The number of halogens is 2. The summed E-state index contributed by atoms with van der Waals surface area (Å²) in [6.45, 7) is 1.80. The van der Waals surface area contributed by atoms with Gasteiger partial charge in [-0.25, -0.2) is 8.78 Å². The Morgan fingerprint density at radius 3 is 2.62 bits per heavy atom. The monoisotopic (exact) mass is 293 g/mol. The Bertz CT molecular complexity index is 705. The summed E-state index contributed by atoms with van der Waals surface area (Å²) in [7, 11) is 0. The highest BCUT2D eigenvalue weighted by molar-refractivity contribution is 5.67. The summed E-state index contributed by atoms with van der Waals surface area (Å²) < 4.78 is 27.6. The molecule has 0 aromatic heterocycles. The van der Waals surface area contributed by atoms with E-state index in [4.69, 9.17) is 5.73 Å². The lowest BCUT2D eigenvalue weighted by atomic mass is 10.1. The first kappa shape index (κ1) is 14.7. The normalized spacial score (nSPS) is 10.4. The number of rotatable bonds is 4. The van der Waals surface area contributed by atoms with Gasteiger partial charge in [-0.15, -0.1) is 0 Å². The molecule has 110 valence electrons. The van der Waals surface area contributed by atoms with Gasteiger partial charge in [0.1, 0.15) is 11.5 Å². The summed E-state index contributed by atoms with van der Waals surface area (Å²) in [4.78, 5) is 9.87. The Hall–Kier alpha value is -2.70. The number of anilines is 2. The van der Waals surface area contributed by atoms with Crippen molar-refractivity contribution in [3.05, 3.63) is 63.2 Å². The Morgan fingerprint density at radius 2 is 2.00 bits per heavy atom. The first-order valence-corrected chi connectivity index (χ1v) is 6.11. The van der Waals surface area contributed by atoms with Crippen molar-refractivity contribution in [2.45, 2.75) is 13.5 Å². The van der Waals surface area contributed by atoms with E-state index in [1.54, 1.807) is 19.1 Å². The highest BCUT2D eigenvalue weighted by atomic mass is 19.1. The number of nitrogens with one attached hydrogen (secondary N) is 1. The van der Waals surface area contributed by atoms with Crippen molar-refractivity contribution in [3.63, 3.8) is 0 Å². The van der Waals surface area contributed by atoms with E-state index < -0.39 is 27.9 Å². The van der Waals surface area contributed by atoms with E-state index in [1.165, 1.54) is 12.1 Å². The van der Waals surface area contributed by atoms with E-state index in [1.807, 2.05) is 0 Å². The molecule has 0 heterocycles. The van der Waals surface area contributed by atoms with E-state index in [9.17, 15) is 18.9 Å². The van der Waals surface area contributed by atoms with Gasteiger partial charge in [0, 0.05) is 18.2 Å². The smallest absolute Gasteiger partial charge is 0.295 e. The second kappa shape index (κ2) is 5.74. The van der Waals surface area contributed by atoms with Crippen LogP contribution in [0.2, 0.25) is 0 Å². The van der Waals surface area contributed by atoms with Crippen LogP contribution in [-0.4, -0.2) is 4.92 Å². The van der Waals surface area contributed by atoms with Crippen molar-refractivity contribution in [1.29, 1.82) is 0 Å². The lowest BCUT2D eigenvalue weighted by molar-refractivity contribution is -0.384. The van der Waals surface area contributed by atoms with Gasteiger partial charge >= 0.3 is 0 Å². The third-order valence-electron chi connectivity index (χ3n) is 3.03. The van der Waals surface area contributed by atoms with Gasteiger partial charge in [-0.3, -0.25) is 10.1 Å². The third-order valence-corrected chi connectivity index (χ3v) is 3.03. The van der Waals surface area contributed by atoms with Gasteiger partial charge in [0.25, 0.3) is 5.69 Å². The zero-order valence-corrected chi connectivity index (χ0v) is 11.2. The molecule has 0 aliphatic carbocycles. The summed E-state index contributed by atoms with van der Waals surface area (Å²) in [5, 5.41) is 13.3. The fourth-order valence-electron chi connectivity index (χ4n) is 1.86. The maximum Gasteiger partial charge on any atom is 0.295 e. The minimum Gasteiger partial charge on any atom is -0.391 e. The number of hydrogen-bond donors (Lipinski definition) is 2. The topological polar surface area (TPSA) is 81.2 Å². The number of nitrogens with two attached hydrogens (primary N) is 1. The molecular formula is C14H13F2N3O2. The van der Waals surface area contributed by atoms with Crippen LogP contribution in [0.15, 0.2) is 30.3 Å². The third kappa shape index (κ3) is 3.07. The molecule has 0 unspecified atom stereocenters. The molecule has 0 saturated carbocycles. The van der Waals surface area contributed by atoms with Crippen molar-refractivity contribution in [3.8, 4) is 0 Å². The van der Waals surface area contributed by atoms with Gasteiger partial charge in [-0.05, 0) is 24.6 Å². The first-order chi connectivity index (χ1) is 9.90. The minimum atomic E-state index is -0.920. The molecule has 0 radical (unpaired) electrons. The minimum absolute atomic E-state index is 0.0157. The quantitative estimate of drug-likeness (QED) is 0.514. The summed E-state index contributed by atoms with van der Waals surface area (Å²) in [6.07, 6.45) is 0. The van der Waals surface area contributed by atoms with Crippen molar-refractivity contribution in [1.82, 2.24) is 0 Å². The predicted molar refractivity (Wildman–Crippen MR) is 75.9 cm³/mol. The average molecular weight is 293 g/mol. The van der Waals surface area contributed by atoms with Gasteiger partial charge in [0.15, 0.2) is 5.82 Å². The molecule has 0 bridgehead atoms. The van der Waals surface area contributed by atoms with Crippen LogP contribution in [0.1, 0.15) is 11.1 Å². The average Bonchev–Trinajstić information content (AvgIpc) is 2.41. The molecule has 7 heteroatoms. The van der Waals surface area contributed by atoms with E-state index in [0.717, 1.165) is 11.6 Å². The highest BCUT2D eigenvalue weighted by Gasteiger charge is 2.18. The van der Waals surface area contributed by atoms with Crippen LogP contribution in [0.5, 0.6) is 0 Å². The molecule has 21 heavy (non-hydrogen) atoms. The summed E-state index contributed by atoms with van der Waals surface area (Å²) in [6, 6.07) is 7.00. The number of nitro benzene ring substituents is 1. The lowest BCUT2D eigenvalue weighted by Crippen LogP contribution is -2.06. The van der Waals surface area contributed by atoms with E-state index >= 15 is 0 Å². The molecular weight excluding hydrogens is 280 g/mol. The van der Waals surface area contributed by atoms with Crippen LogP contribution < -0.4 is 11.1 Å². The van der Waals surface area contributed by atoms with Gasteiger partial charge in [0.05, 0.1) is 10.6 Å². The molecule has 2 aromatic rings. The number of nitro groups is 1. The molecule has 0 fully saturated rings. The molecule has 2 rings (SSSR count). The molecule has 0 saturated heterocycles. The predicted octanol–water partition coefficient (Wildman–Crippen LogP) is 3.38. The maximum atomic E-state index is 13.9. The van der Waals surface area contributed by atoms with Crippen molar-refractivity contribution >= 4 is 17.1 Å². The Labute approximate surface area is 119 Å². The summed E-state index contributed by atoms with van der Waals surface area (Å²) in [5.41, 5.74) is 5.45. The first-order valence-electron chi connectivity index (χ1n) is 6.11. The molecule has 0 aliphatic heterocycles. The standard InChI is InChI=1S/C14H13F2N3O2/c1-8-2-3-9(10(15)6-8)7-18-11-4-5-12(19(20)21)14(17)13(11)16/h2-6,18H,7,17H2,1H3. The van der Waals surface area contributed by atoms with Crippen LogP contribution in [0.3, 0.4) is 0 Å². The SMILES string of the molecule is Cc1ccc(CNc2ccc([N+](=O)[O-])c(N)c2F)c(F)c1. The Morgan fingerprint density at radius 1 is 1.29 bits per heavy atom. The molecule has 0 atom stereocenters. The van der Waals surface area contributed by atoms with Gasteiger partial charge in [-0.2, -0.15) is 0 Å². The molecule has 0 amide bonds. The summed E-state index contributed by atoms with van der Waals surface area (Å²) in [5.74, 6) is -1.32. The van der Waals surface area contributed by atoms with Gasteiger partial charge < -0.3 is 11.1 Å². The number of nitrogens with zero attached hydrogens (tertiary/aromatic N) is 1. The largest absolute Gasteiger partial charge is 0.391 e. The van der Waals surface area contributed by atoms with E-state index in [2.05, 4.69) is 5.32 Å². The Kier molecular flexibility index (Phi) is 4.02. The number of aryl methyl sites for hydroxylation is 1. The van der Waals surface area contributed by atoms with Crippen LogP contribution in [-0.2, 0) is 6.54 Å². The molecule has 5 nitrogen and oxygen atoms in total. The molecule has 2 aromatic carbocycles. The summed E-state index contributed by atoms with van der Waals surface area (Å²) >= 11 is 0. The maximum absolute atomic E-state index is 13.9. The molecule has 0 spiro atoms. The fourth-order valence-corrected chi connectivity index (χ4v) is 1.86. The fraction of sp³-hybridized carbons (Fsp3) is 0.143. The zero-order chi connectivity index (χ0) is 15.6. The van der Waals surface area contributed by atoms with Gasteiger partial charge in [0.2, 0.25) is 0 Å². The van der Waals surface area contributed by atoms with Crippen LogP contribution in [0.25, 0.3) is 0 Å². The van der Waals surface area contributed by atoms with Crippen LogP contribution in [0, 0.1) is 28.7 Å². The lowest BCUT2D eigenvalue weighted by Gasteiger charge is -2.10. The Balaban J connectivity index is 2.21.